The Morgan fingerprint density at radius 3 is 2.69 bits per heavy atom. The maximum absolute atomic E-state index is 12.6. The van der Waals surface area contributed by atoms with Crippen molar-refractivity contribution in [3.8, 4) is 5.75 Å². The predicted octanol–water partition coefficient (Wildman–Crippen LogP) is 2.96. The van der Waals surface area contributed by atoms with Crippen LogP contribution in [0.2, 0.25) is 0 Å². The summed E-state index contributed by atoms with van der Waals surface area (Å²) in [6.45, 7) is 2.31. The molecule has 0 unspecified atom stereocenters. The van der Waals surface area contributed by atoms with E-state index in [1.54, 1.807) is 11.9 Å². The van der Waals surface area contributed by atoms with Crippen molar-refractivity contribution in [1.82, 2.24) is 9.80 Å². The van der Waals surface area contributed by atoms with Crippen LogP contribution in [0.4, 0.5) is 0 Å². The van der Waals surface area contributed by atoms with Crippen LogP contribution in [-0.4, -0.2) is 48.4 Å². The van der Waals surface area contributed by atoms with Crippen molar-refractivity contribution in [2.75, 3.05) is 26.7 Å². The smallest absolute Gasteiger partial charge is 0.253 e. The third-order valence-electron chi connectivity index (χ3n) is 4.50. The van der Waals surface area contributed by atoms with Crippen molar-refractivity contribution in [2.24, 2.45) is 0 Å². The lowest BCUT2D eigenvalue weighted by molar-refractivity contribution is -0.128. The molecule has 1 aliphatic rings. The Morgan fingerprint density at radius 1 is 1.15 bits per heavy atom. The van der Waals surface area contributed by atoms with E-state index in [9.17, 15) is 9.59 Å². The quantitative estimate of drug-likeness (QED) is 0.770. The van der Waals surface area contributed by atoms with Crippen molar-refractivity contribution in [1.29, 1.82) is 0 Å². The van der Waals surface area contributed by atoms with Crippen LogP contribution in [0.3, 0.4) is 0 Å². The molecule has 1 aliphatic heterocycles. The summed E-state index contributed by atoms with van der Waals surface area (Å²) >= 11 is 0. The van der Waals surface area contributed by atoms with Crippen LogP contribution < -0.4 is 4.74 Å². The van der Waals surface area contributed by atoms with E-state index in [0.29, 0.717) is 31.7 Å². The van der Waals surface area contributed by atoms with Gasteiger partial charge < -0.3 is 14.5 Å². The summed E-state index contributed by atoms with van der Waals surface area (Å²) in [5.74, 6) is 0.943. The van der Waals surface area contributed by atoms with E-state index in [4.69, 9.17) is 4.74 Å². The highest BCUT2D eigenvalue weighted by Crippen LogP contribution is 2.16. The molecule has 1 saturated heterocycles. The maximum atomic E-state index is 12.6. The lowest BCUT2D eigenvalue weighted by Gasteiger charge is -2.19. The Balaban J connectivity index is 1.54. The van der Waals surface area contributed by atoms with Crippen LogP contribution in [0.5, 0.6) is 5.75 Å². The Labute approximate surface area is 154 Å². The van der Waals surface area contributed by atoms with Crippen LogP contribution in [0.25, 0.3) is 0 Å². The first-order valence-corrected chi connectivity index (χ1v) is 8.93. The van der Waals surface area contributed by atoms with Crippen molar-refractivity contribution in [3.05, 3.63) is 65.7 Å². The minimum atomic E-state index is -0.0451. The molecule has 0 aromatic heterocycles. The van der Waals surface area contributed by atoms with Gasteiger partial charge in [-0.3, -0.25) is 9.59 Å². The molecule has 1 fully saturated rings. The van der Waals surface area contributed by atoms with E-state index in [0.717, 1.165) is 24.3 Å². The van der Waals surface area contributed by atoms with E-state index in [-0.39, 0.29) is 11.8 Å². The van der Waals surface area contributed by atoms with Crippen LogP contribution in [-0.2, 0) is 11.3 Å². The largest absolute Gasteiger partial charge is 0.492 e. The second-order valence-electron chi connectivity index (χ2n) is 6.51. The lowest BCUT2D eigenvalue weighted by atomic mass is 10.1. The molecule has 26 heavy (non-hydrogen) atoms. The number of amides is 2. The van der Waals surface area contributed by atoms with Gasteiger partial charge in [0.25, 0.3) is 5.91 Å². The summed E-state index contributed by atoms with van der Waals surface area (Å²) < 4.78 is 5.65. The molecule has 5 heteroatoms. The van der Waals surface area contributed by atoms with Gasteiger partial charge in [0.2, 0.25) is 5.91 Å². The number of benzene rings is 2. The number of carbonyl (C=O) groups is 2. The standard InChI is InChI=1S/C21H24N2O3/c1-22(13-14-26-19-9-3-2-4-10-19)21(25)18-8-5-7-17(15-18)16-23-12-6-11-20(23)24/h2-5,7-10,15H,6,11-14,16H2,1H3. The number of likely N-dealkylation sites (N-methyl/N-ethyl adjacent to an activating group) is 1. The molecule has 3 rings (SSSR count). The number of likely N-dealkylation sites (tertiary alicyclic amines) is 1. The summed E-state index contributed by atoms with van der Waals surface area (Å²) in [5, 5.41) is 0. The SMILES string of the molecule is CN(CCOc1ccccc1)C(=O)c1cccc(CN2CCCC2=O)c1. The molecule has 0 aliphatic carbocycles. The molecule has 0 spiro atoms. The number of rotatable bonds is 7. The molecule has 0 atom stereocenters. The fourth-order valence-electron chi connectivity index (χ4n) is 3.03. The van der Waals surface area contributed by atoms with Crippen molar-refractivity contribution in [3.63, 3.8) is 0 Å². The van der Waals surface area contributed by atoms with Crippen molar-refractivity contribution in [2.45, 2.75) is 19.4 Å². The molecule has 0 bridgehead atoms. The second-order valence-corrected chi connectivity index (χ2v) is 6.51. The summed E-state index contributed by atoms with van der Waals surface area (Å²) in [6, 6.07) is 17.1. The first kappa shape index (κ1) is 18.0. The highest BCUT2D eigenvalue weighted by atomic mass is 16.5. The van der Waals surface area contributed by atoms with Gasteiger partial charge in [0, 0.05) is 32.1 Å². The highest BCUT2D eigenvalue weighted by molar-refractivity contribution is 5.94. The van der Waals surface area contributed by atoms with Gasteiger partial charge in [-0.1, -0.05) is 30.3 Å². The normalized spacial score (nSPS) is 13.7. The average molecular weight is 352 g/mol. The zero-order chi connectivity index (χ0) is 18.4. The molecule has 136 valence electrons. The Hall–Kier alpha value is -2.82. The van der Waals surface area contributed by atoms with Gasteiger partial charge in [-0.2, -0.15) is 0 Å². The summed E-state index contributed by atoms with van der Waals surface area (Å²) in [4.78, 5) is 27.9. The molecule has 0 saturated carbocycles. The number of hydrogen-bond donors (Lipinski definition) is 0. The van der Waals surface area contributed by atoms with Crippen molar-refractivity contribution >= 4 is 11.8 Å². The van der Waals surface area contributed by atoms with E-state index in [1.807, 2.05) is 59.5 Å². The maximum Gasteiger partial charge on any atom is 0.253 e. The van der Waals surface area contributed by atoms with Gasteiger partial charge in [0.1, 0.15) is 12.4 Å². The Morgan fingerprint density at radius 2 is 1.96 bits per heavy atom. The average Bonchev–Trinajstić information content (AvgIpc) is 3.07. The molecule has 0 N–H and O–H groups in total. The predicted molar refractivity (Wildman–Crippen MR) is 100.0 cm³/mol. The van der Waals surface area contributed by atoms with E-state index in [2.05, 4.69) is 0 Å². The summed E-state index contributed by atoms with van der Waals surface area (Å²) in [5.41, 5.74) is 1.62. The molecule has 2 aromatic carbocycles. The third-order valence-corrected chi connectivity index (χ3v) is 4.50. The fraction of sp³-hybridized carbons (Fsp3) is 0.333. The molecule has 1 heterocycles. The lowest BCUT2D eigenvalue weighted by Crippen LogP contribution is -2.31. The van der Waals surface area contributed by atoms with Crippen LogP contribution >= 0.6 is 0 Å². The Kier molecular flexibility index (Phi) is 5.89. The zero-order valence-corrected chi connectivity index (χ0v) is 15.1. The molecule has 2 amide bonds. The molecule has 2 aromatic rings. The molecular formula is C21H24N2O3. The fourth-order valence-corrected chi connectivity index (χ4v) is 3.03. The Bertz CT molecular complexity index is 761. The zero-order valence-electron chi connectivity index (χ0n) is 15.1. The topological polar surface area (TPSA) is 49.9 Å². The summed E-state index contributed by atoms with van der Waals surface area (Å²) in [7, 11) is 1.77. The molecule has 5 nitrogen and oxygen atoms in total. The first-order valence-electron chi connectivity index (χ1n) is 8.93. The minimum absolute atomic E-state index is 0.0451. The minimum Gasteiger partial charge on any atom is -0.492 e. The van der Waals surface area contributed by atoms with Crippen LogP contribution in [0, 0.1) is 0 Å². The first-order chi connectivity index (χ1) is 12.6. The number of ether oxygens (including phenoxy) is 1. The highest BCUT2D eigenvalue weighted by Gasteiger charge is 2.20. The number of hydrogen-bond acceptors (Lipinski definition) is 3. The monoisotopic (exact) mass is 352 g/mol. The van der Waals surface area contributed by atoms with E-state index >= 15 is 0 Å². The van der Waals surface area contributed by atoms with Gasteiger partial charge in [0.15, 0.2) is 0 Å². The number of nitrogens with zero attached hydrogens (tertiary/aromatic N) is 2. The number of para-hydroxylation sites is 1. The number of carbonyl (C=O) groups excluding carboxylic acids is 2. The molecular weight excluding hydrogens is 328 g/mol. The van der Waals surface area contributed by atoms with Gasteiger partial charge in [-0.15, -0.1) is 0 Å². The van der Waals surface area contributed by atoms with Gasteiger partial charge >= 0.3 is 0 Å². The second kappa shape index (κ2) is 8.52. The molecule has 0 radical (unpaired) electrons. The third kappa shape index (κ3) is 4.63. The van der Waals surface area contributed by atoms with Crippen molar-refractivity contribution < 1.29 is 14.3 Å². The van der Waals surface area contributed by atoms with Gasteiger partial charge in [0.05, 0.1) is 6.54 Å². The van der Waals surface area contributed by atoms with Crippen LogP contribution in [0.1, 0.15) is 28.8 Å². The van der Waals surface area contributed by atoms with Gasteiger partial charge in [-0.25, -0.2) is 0 Å². The van der Waals surface area contributed by atoms with Crippen LogP contribution in [0.15, 0.2) is 54.6 Å². The summed E-state index contributed by atoms with van der Waals surface area (Å²) in [6.07, 6.45) is 1.55. The van der Waals surface area contributed by atoms with E-state index < -0.39 is 0 Å². The van der Waals surface area contributed by atoms with Gasteiger partial charge in [-0.05, 0) is 36.2 Å². The van der Waals surface area contributed by atoms with E-state index in [1.165, 1.54) is 0 Å².